The van der Waals surface area contributed by atoms with E-state index in [0.29, 0.717) is 0 Å². The molecule has 0 unspecified atom stereocenters. The zero-order valence-corrected chi connectivity index (χ0v) is 44.0. The predicted octanol–water partition coefficient (Wildman–Crippen LogP) is 16.8. The first-order valence-corrected chi connectivity index (χ1v) is 23.0. The van der Waals surface area contributed by atoms with Gasteiger partial charge in [0, 0.05) is 61.1 Å². The SMILES string of the molecule is CC(C)(C)c1ccnc(-c2cccc(-c3ccccc3)c2)c1.CC(C)(C)c1ccnc(-c2cccc(-c3ccccc3)c2)c1.CC(C)(C)c1ccnc(-c2cccc(-c3ccccc3)c2)c1.[In]. The average molecular weight is 977 g/mol. The summed E-state index contributed by atoms with van der Waals surface area (Å²) in [5, 5.41) is 0. The van der Waals surface area contributed by atoms with Crippen molar-refractivity contribution in [1.82, 2.24) is 15.0 Å². The summed E-state index contributed by atoms with van der Waals surface area (Å²) in [6, 6.07) is 70.0. The number of rotatable bonds is 6. The molecule has 0 aliphatic rings. The third kappa shape index (κ3) is 13.8. The second-order valence-corrected chi connectivity index (χ2v) is 19.9. The molecule has 0 saturated carbocycles. The molecule has 0 spiro atoms. The zero-order chi connectivity index (χ0) is 46.7. The van der Waals surface area contributed by atoms with E-state index >= 15 is 0 Å². The molecule has 3 aromatic heterocycles. The van der Waals surface area contributed by atoms with Crippen molar-refractivity contribution in [3.05, 3.63) is 235 Å². The van der Waals surface area contributed by atoms with E-state index < -0.39 is 0 Å². The molecule has 6 aromatic carbocycles. The van der Waals surface area contributed by atoms with E-state index in [9.17, 15) is 0 Å². The van der Waals surface area contributed by atoms with Gasteiger partial charge in [-0.05, 0) is 121 Å². The first-order valence-electron chi connectivity index (χ1n) is 23.0. The second kappa shape index (κ2) is 22.4. The van der Waals surface area contributed by atoms with Crippen molar-refractivity contribution in [3.8, 4) is 67.2 Å². The Balaban J connectivity index is 0.000000165. The molecule has 9 aromatic rings. The first-order chi connectivity index (χ1) is 31.6. The molecule has 0 bridgehead atoms. The predicted molar refractivity (Wildman–Crippen MR) is 287 cm³/mol. The molecule has 333 valence electrons. The van der Waals surface area contributed by atoms with Gasteiger partial charge in [0.2, 0.25) is 0 Å². The number of nitrogens with zero attached hydrogens (tertiary/aromatic N) is 3. The van der Waals surface area contributed by atoms with Crippen LogP contribution in [0.15, 0.2) is 219 Å². The Morgan fingerprint density at radius 2 is 0.463 bits per heavy atom. The van der Waals surface area contributed by atoms with Crippen molar-refractivity contribution >= 4 is 25.8 Å². The largest absolute Gasteiger partial charge is 0.256 e. The molecular formula is C63H63InN3. The molecule has 0 amide bonds. The fourth-order valence-corrected chi connectivity index (χ4v) is 7.63. The van der Waals surface area contributed by atoms with Gasteiger partial charge in [-0.3, -0.25) is 15.0 Å². The van der Waals surface area contributed by atoms with E-state index in [1.807, 2.05) is 36.8 Å². The van der Waals surface area contributed by atoms with Crippen LogP contribution in [0.2, 0.25) is 0 Å². The molecule has 0 aliphatic heterocycles. The van der Waals surface area contributed by atoms with E-state index in [2.05, 4.69) is 259 Å². The maximum absolute atomic E-state index is 4.56. The molecule has 3 radical (unpaired) electrons. The third-order valence-corrected chi connectivity index (χ3v) is 11.7. The molecular weight excluding hydrogens is 914 g/mol. The van der Waals surface area contributed by atoms with Crippen LogP contribution in [0.5, 0.6) is 0 Å². The summed E-state index contributed by atoms with van der Waals surface area (Å²) in [5.41, 5.74) is 18.3. The molecule has 9 rings (SSSR count). The van der Waals surface area contributed by atoms with Crippen molar-refractivity contribution in [2.75, 3.05) is 0 Å². The number of aromatic nitrogens is 3. The Bertz CT molecular complexity index is 2630. The molecule has 0 saturated heterocycles. The quantitative estimate of drug-likeness (QED) is 0.167. The number of hydrogen-bond acceptors (Lipinski definition) is 3. The van der Waals surface area contributed by atoms with Gasteiger partial charge in [-0.25, -0.2) is 0 Å². The molecule has 0 fully saturated rings. The second-order valence-electron chi connectivity index (χ2n) is 19.9. The Labute approximate surface area is 419 Å². The van der Waals surface area contributed by atoms with Crippen molar-refractivity contribution in [2.45, 2.75) is 78.6 Å². The molecule has 0 aliphatic carbocycles. The van der Waals surface area contributed by atoms with Crippen LogP contribution in [-0.2, 0) is 16.2 Å². The molecule has 67 heavy (non-hydrogen) atoms. The minimum atomic E-state index is 0. The van der Waals surface area contributed by atoms with Crippen molar-refractivity contribution in [1.29, 1.82) is 0 Å². The fourth-order valence-electron chi connectivity index (χ4n) is 7.63. The topological polar surface area (TPSA) is 38.7 Å². The van der Waals surface area contributed by atoms with Gasteiger partial charge in [0.05, 0.1) is 17.1 Å². The van der Waals surface area contributed by atoms with Gasteiger partial charge in [-0.2, -0.15) is 0 Å². The molecule has 4 heteroatoms. The Kier molecular flexibility index (Phi) is 16.8. The van der Waals surface area contributed by atoms with Crippen molar-refractivity contribution < 1.29 is 0 Å². The Morgan fingerprint density at radius 3 is 0.701 bits per heavy atom. The fraction of sp³-hybridized carbons (Fsp3) is 0.190. The summed E-state index contributed by atoms with van der Waals surface area (Å²) in [5.74, 6) is 0. The minimum Gasteiger partial charge on any atom is -0.256 e. The minimum absolute atomic E-state index is 0. The standard InChI is InChI=1S/3C21H21N.In/c3*1-21(2,3)19-12-13-22-20(15-19)18-11-7-10-17(14-18)16-8-5-4-6-9-16;/h3*4-15H,1-3H3;. The Hall–Kier alpha value is -6.36. The summed E-state index contributed by atoms with van der Waals surface area (Å²) in [7, 11) is 0. The third-order valence-electron chi connectivity index (χ3n) is 11.7. The van der Waals surface area contributed by atoms with E-state index in [-0.39, 0.29) is 42.1 Å². The summed E-state index contributed by atoms with van der Waals surface area (Å²) in [4.78, 5) is 13.7. The van der Waals surface area contributed by atoms with Gasteiger partial charge in [0.25, 0.3) is 0 Å². The van der Waals surface area contributed by atoms with Gasteiger partial charge in [-0.1, -0.05) is 208 Å². The van der Waals surface area contributed by atoms with Crippen LogP contribution in [0, 0.1) is 0 Å². The molecule has 3 heterocycles. The zero-order valence-electron chi connectivity index (χ0n) is 40.7. The maximum atomic E-state index is 4.56. The van der Waals surface area contributed by atoms with Gasteiger partial charge in [-0.15, -0.1) is 0 Å². The van der Waals surface area contributed by atoms with Crippen molar-refractivity contribution in [2.24, 2.45) is 0 Å². The summed E-state index contributed by atoms with van der Waals surface area (Å²) in [6.45, 7) is 20.1. The Morgan fingerprint density at radius 1 is 0.239 bits per heavy atom. The number of benzene rings is 6. The van der Waals surface area contributed by atoms with E-state index in [1.54, 1.807) is 0 Å². The maximum Gasteiger partial charge on any atom is 0.0705 e. The average Bonchev–Trinajstić information content (AvgIpc) is 3.35. The summed E-state index contributed by atoms with van der Waals surface area (Å²) >= 11 is 0. The van der Waals surface area contributed by atoms with Crippen LogP contribution in [0.3, 0.4) is 0 Å². The molecule has 0 N–H and O–H groups in total. The van der Waals surface area contributed by atoms with Crippen LogP contribution in [-0.4, -0.2) is 40.8 Å². The van der Waals surface area contributed by atoms with Gasteiger partial charge in [0.15, 0.2) is 0 Å². The summed E-state index contributed by atoms with van der Waals surface area (Å²) in [6.07, 6.45) is 5.72. The van der Waals surface area contributed by atoms with Gasteiger partial charge < -0.3 is 0 Å². The van der Waals surface area contributed by atoms with Gasteiger partial charge in [0.1, 0.15) is 0 Å². The molecule has 0 atom stereocenters. The van der Waals surface area contributed by atoms with Gasteiger partial charge >= 0.3 is 0 Å². The van der Waals surface area contributed by atoms with Crippen LogP contribution < -0.4 is 0 Å². The van der Waals surface area contributed by atoms with Crippen molar-refractivity contribution in [3.63, 3.8) is 0 Å². The van der Waals surface area contributed by atoms with Crippen LogP contribution in [0.1, 0.15) is 79.0 Å². The summed E-state index contributed by atoms with van der Waals surface area (Å²) < 4.78 is 0. The number of hydrogen-bond donors (Lipinski definition) is 0. The van der Waals surface area contributed by atoms with E-state index in [1.165, 1.54) is 50.1 Å². The smallest absolute Gasteiger partial charge is 0.0705 e. The van der Waals surface area contributed by atoms with Crippen LogP contribution in [0.4, 0.5) is 0 Å². The normalized spacial score (nSPS) is 11.2. The van der Waals surface area contributed by atoms with Crippen LogP contribution in [0.25, 0.3) is 67.2 Å². The van der Waals surface area contributed by atoms with Crippen LogP contribution >= 0.6 is 0 Å². The van der Waals surface area contributed by atoms with E-state index in [0.717, 1.165) is 33.8 Å². The first kappa shape index (κ1) is 50.1. The number of pyridine rings is 3. The molecule has 3 nitrogen and oxygen atoms in total. The monoisotopic (exact) mass is 976 g/mol. The van der Waals surface area contributed by atoms with E-state index in [4.69, 9.17) is 0 Å².